The van der Waals surface area contributed by atoms with Crippen molar-refractivity contribution in [1.29, 1.82) is 5.26 Å². The Hall–Kier alpha value is -2.80. The number of nitrogens with zero attached hydrogens (tertiary/aromatic N) is 2. The second-order valence-electron chi connectivity index (χ2n) is 5.98. The van der Waals surface area contributed by atoms with Crippen LogP contribution < -0.4 is 4.74 Å². The zero-order chi connectivity index (χ0) is 16.9. The van der Waals surface area contributed by atoms with Crippen molar-refractivity contribution in [1.82, 2.24) is 4.90 Å². The average molecular weight is 320 g/mol. The molecule has 1 fully saturated rings. The number of carbonyl (C=O) groups is 1. The molecule has 3 rings (SSSR count). The molecule has 24 heavy (non-hydrogen) atoms. The van der Waals surface area contributed by atoms with Crippen molar-refractivity contribution in [3.8, 4) is 22.9 Å². The van der Waals surface area contributed by atoms with E-state index in [2.05, 4.69) is 6.07 Å². The van der Waals surface area contributed by atoms with E-state index < -0.39 is 0 Å². The van der Waals surface area contributed by atoms with Crippen LogP contribution in [-0.2, 0) is 0 Å². The fourth-order valence-corrected chi connectivity index (χ4v) is 3.07. The summed E-state index contributed by atoms with van der Waals surface area (Å²) in [5.74, 6) is 0.620. The van der Waals surface area contributed by atoms with Gasteiger partial charge >= 0.3 is 0 Å². The van der Waals surface area contributed by atoms with Gasteiger partial charge in [-0.2, -0.15) is 5.26 Å². The minimum Gasteiger partial charge on any atom is -0.496 e. The van der Waals surface area contributed by atoms with Gasteiger partial charge in [0.05, 0.1) is 18.7 Å². The highest BCUT2D eigenvalue weighted by Gasteiger charge is 2.25. The normalized spacial score (nSPS) is 14.9. The van der Waals surface area contributed by atoms with Crippen LogP contribution in [0.3, 0.4) is 0 Å². The Morgan fingerprint density at radius 3 is 2.46 bits per heavy atom. The van der Waals surface area contributed by atoms with Crippen LogP contribution in [-0.4, -0.2) is 31.0 Å². The number of ether oxygens (including phenoxy) is 1. The van der Waals surface area contributed by atoms with Gasteiger partial charge in [-0.05, 0) is 36.1 Å². The average Bonchev–Trinajstić information content (AvgIpc) is 2.67. The second kappa shape index (κ2) is 7.18. The zero-order valence-electron chi connectivity index (χ0n) is 13.7. The SMILES string of the molecule is COc1ccc(-c2ccccc2)cc1C(=O)N1CCC(C#N)CC1. The van der Waals surface area contributed by atoms with E-state index in [0.29, 0.717) is 24.4 Å². The first-order valence-corrected chi connectivity index (χ1v) is 8.15. The van der Waals surface area contributed by atoms with E-state index in [-0.39, 0.29) is 11.8 Å². The number of benzene rings is 2. The van der Waals surface area contributed by atoms with Crippen LogP contribution in [0.1, 0.15) is 23.2 Å². The molecule has 122 valence electrons. The lowest BCUT2D eigenvalue weighted by Gasteiger charge is -2.29. The van der Waals surface area contributed by atoms with E-state index in [0.717, 1.165) is 24.0 Å². The van der Waals surface area contributed by atoms with E-state index in [4.69, 9.17) is 10.00 Å². The van der Waals surface area contributed by atoms with Gasteiger partial charge in [0.2, 0.25) is 0 Å². The maximum Gasteiger partial charge on any atom is 0.257 e. The molecule has 0 aromatic heterocycles. The third kappa shape index (κ3) is 3.26. The number of hydrogen-bond donors (Lipinski definition) is 0. The summed E-state index contributed by atoms with van der Waals surface area (Å²) in [6, 6.07) is 18.0. The van der Waals surface area contributed by atoms with Gasteiger partial charge in [-0.1, -0.05) is 36.4 Å². The minimum atomic E-state index is -0.0268. The van der Waals surface area contributed by atoms with Crippen molar-refractivity contribution >= 4 is 5.91 Å². The fourth-order valence-electron chi connectivity index (χ4n) is 3.07. The summed E-state index contributed by atoms with van der Waals surface area (Å²) in [5.41, 5.74) is 2.64. The van der Waals surface area contributed by atoms with Gasteiger partial charge in [0.25, 0.3) is 5.91 Å². The molecule has 0 bridgehead atoms. The summed E-state index contributed by atoms with van der Waals surface area (Å²) in [6.45, 7) is 1.24. The lowest BCUT2D eigenvalue weighted by atomic mass is 9.97. The highest BCUT2D eigenvalue weighted by Crippen LogP contribution is 2.29. The van der Waals surface area contributed by atoms with Gasteiger partial charge in [-0.15, -0.1) is 0 Å². The van der Waals surface area contributed by atoms with Crippen molar-refractivity contribution in [3.63, 3.8) is 0 Å². The Balaban J connectivity index is 1.89. The summed E-state index contributed by atoms with van der Waals surface area (Å²) in [5, 5.41) is 9.00. The van der Waals surface area contributed by atoms with Crippen LogP contribution in [0, 0.1) is 17.2 Å². The molecule has 0 N–H and O–H groups in total. The van der Waals surface area contributed by atoms with Crippen molar-refractivity contribution in [3.05, 3.63) is 54.1 Å². The highest BCUT2D eigenvalue weighted by atomic mass is 16.5. The quantitative estimate of drug-likeness (QED) is 0.865. The third-order valence-corrected chi connectivity index (χ3v) is 4.50. The van der Waals surface area contributed by atoms with Gasteiger partial charge in [-0.3, -0.25) is 4.79 Å². The summed E-state index contributed by atoms with van der Waals surface area (Å²) in [4.78, 5) is 14.7. The van der Waals surface area contributed by atoms with Crippen LogP contribution in [0.5, 0.6) is 5.75 Å². The predicted octanol–water partition coefficient (Wildman–Crippen LogP) is 3.74. The molecule has 0 spiro atoms. The molecule has 0 saturated carbocycles. The monoisotopic (exact) mass is 320 g/mol. The van der Waals surface area contributed by atoms with Gasteiger partial charge < -0.3 is 9.64 Å². The molecule has 1 aliphatic heterocycles. The van der Waals surface area contributed by atoms with E-state index in [1.54, 1.807) is 7.11 Å². The first-order valence-electron chi connectivity index (χ1n) is 8.15. The Kier molecular flexibility index (Phi) is 4.81. The molecule has 1 saturated heterocycles. The van der Waals surface area contributed by atoms with Crippen LogP contribution in [0.4, 0.5) is 0 Å². The van der Waals surface area contributed by atoms with Gasteiger partial charge in [0, 0.05) is 19.0 Å². The molecule has 4 heteroatoms. The molecule has 1 aliphatic rings. The zero-order valence-corrected chi connectivity index (χ0v) is 13.7. The first-order chi connectivity index (χ1) is 11.7. The molecule has 2 aromatic carbocycles. The maximum atomic E-state index is 12.9. The smallest absolute Gasteiger partial charge is 0.257 e. The number of carbonyl (C=O) groups excluding carboxylic acids is 1. The third-order valence-electron chi connectivity index (χ3n) is 4.50. The lowest BCUT2D eigenvalue weighted by Crippen LogP contribution is -2.38. The van der Waals surface area contributed by atoms with Crippen molar-refractivity contribution in [2.24, 2.45) is 5.92 Å². The molecule has 0 radical (unpaired) electrons. The number of rotatable bonds is 3. The summed E-state index contributed by atoms with van der Waals surface area (Å²) in [6.07, 6.45) is 1.48. The molecule has 0 aliphatic carbocycles. The number of likely N-dealkylation sites (tertiary alicyclic amines) is 1. The number of piperidine rings is 1. The van der Waals surface area contributed by atoms with Gasteiger partial charge in [-0.25, -0.2) is 0 Å². The first kappa shape index (κ1) is 16.1. The molecular weight excluding hydrogens is 300 g/mol. The molecule has 4 nitrogen and oxygen atoms in total. The molecule has 2 aromatic rings. The standard InChI is InChI=1S/C20H20N2O2/c1-24-19-8-7-17(16-5-3-2-4-6-16)13-18(19)20(23)22-11-9-15(14-21)10-12-22/h2-8,13,15H,9-12H2,1H3. The minimum absolute atomic E-state index is 0.0268. The van der Waals surface area contributed by atoms with Crippen LogP contribution in [0.25, 0.3) is 11.1 Å². The summed E-state index contributed by atoms with van der Waals surface area (Å²) in [7, 11) is 1.58. The van der Waals surface area contributed by atoms with Crippen LogP contribution >= 0.6 is 0 Å². The van der Waals surface area contributed by atoms with Crippen molar-refractivity contribution in [2.45, 2.75) is 12.8 Å². The topological polar surface area (TPSA) is 53.3 Å². The van der Waals surface area contributed by atoms with E-state index in [1.165, 1.54) is 0 Å². The number of methoxy groups -OCH3 is 1. The van der Waals surface area contributed by atoms with Crippen LogP contribution in [0.2, 0.25) is 0 Å². The molecule has 1 heterocycles. The number of nitriles is 1. The van der Waals surface area contributed by atoms with Crippen molar-refractivity contribution < 1.29 is 9.53 Å². The highest BCUT2D eigenvalue weighted by molar-refractivity contribution is 5.98. The molecule has 0 unspecified atom stereocenters. The Bertz CT molecular complexity index is 757. The largest absolute Gasteiger partial charge is 0.496 e. The van der Waals surface area contributed by atoms with E-state index in [9.17, 15) is 4.79 Å². The lowest BCUT2D eigenvalue weighted by molar-refractivity contribution is 0.0704. The molecule has 0 atom stereocenters. The number of amides is 1. The van der Waals surface area contributed by atoms with Gasteiger partial charge in [0.15, 0.2) is 0 Å². The Labute approximate surface area is 142 Å². The van der Waals surface area contributed by atoms with E-state index >= 15 is 0 Å². The number of hydrogen-bond acceptors (Lipinski definition) is 3. The second-order valence-corrected chi connectivity index (χ2v) is 5.98. The fraction of sp³-hybridized carbons (Fsp3) is 0.300. The Morgan fingerprint density at radius 2 is 1.83 bits per heavy atom. The van der Waals surface area contributed by atoms with Crippen molar-refractivity contribution in [2.75, 3.05) is 20.2 Å². The Morgan fingerprint density at radius 1 is 1.12 bits per heavy atom. The summed E-state index contributed by atoms with van der Waals surface area (Å²) < 4.78 is 5.39. The maximum absolute atomic E-state index is 12.9. The van der Waals surface area contributed by atoms with Crippen LogP contribution in [0.15, 0.2) is 48.5 Å². The molecular formula is C20H20N2O2. The molecule has 1 amide bonds. The van der Waals surface area contributed by atoms with Gasteiger partial charge in [0.1, 0.15) is 5.75 Å². The predicted molar refractivity (Wildman–Crippen MR) is 92.7 cm³/mol. The summed E-state index contributed by atoms with van der Waals surface area (Å²) >= 11 is 0. The van der Waals surface area contributed by atoms with E-state index in [1.807, 2.05) is 53.4 Å².